The third-order valence-electron chi connectivity index (χ3n) is 1.85. The smallest absolute Gasteiger partial charge is 0.262 e. The zero-order valence-corrected chi connectivity index (χ0v) is 7.31. The van der Waals surface area contributed by atoms with E-state index in [9.17, 15) is 0 Å². The Bertz CT molecular complexity index is 426. The van der Waals surface area contributed by atoms with E-state index in [-0.39, 0.29) is 5.76 Å². The van der Waals surface area contributed by atoms with Crippen molar-refractivity contribution in [1.29, 1.82) is 5.26 Å². The Hall–Kier alpha value is -2.21. The summed E-state index contributed by atoms with van der Waals surface area (Å²) in [6, 6.07) is 11.5. The Balaban J connectivity index is 2.48. The van der Waals surface area contributed by atoms with Gasteiger partial charge in [0.05, 0.1) is 0 Å². The van der Waals surface area contributed by atoms with Crippen LogP contribution in [0, 0.1) is 11.3 Å². The lowest BCUT2D eigenvalue weighted by molar-refractivity contribution is -0.207. The van der Waals surface area contributed by atoms with E-state index in [1.54, 1.807) is 6.08 Å². The predicted octanol–water partition coefficient (Wildman–Crippen LogP) is 2.40. The van der Waals surface area contributed by atoms with E-state index in [0.717, 1.165) is 11.1 Å². The van der Waals surface area contributed by atoms with Crippen molar-refractivity contribution in [2.45, 2.75) is 0 Å². The summed E-state index contributed by atoms with van der Waals surface area (Å²) in [7, 11) is 0. The van der Waals surface area contributed by atoms with Crippen molar-refractivity contribution in [3.05, 3.63) is 54.0 Å². The molecule has 1 aromatic rings. The minimum atomic E-state index is 0.179. The summed E-state index contributed by atoms with van der Waals surface area (Å²) in [6.45, 7) is 0. The molecule has 3 nitrogen and oxygen atoms in total. The lowest BCUT2D eigenvalue weighted by Gasteiger charge is -2.10. The van der Waals surface area contributed by atoms with Gasteiger partial charge in [-0.05, 0) is 11.6 Å². The van der Waals surface area contributed by atoms with Crippen LogP contribution in [0.15, 0.2) is 48.4 Å². The summed E-state index contributed by atoms with van der Waals surface area (Å²) >= 11 is 0. The van der Waals surface area contributed by atoms with Gasteiger partial charge in [0.1, 0.15) is 12.3 Å². The first-order chi connectivity index (χ1) is 6.92. The molecule has 14 heavy (non-hydrogen) atoms. The number of hydrogen-bond donors (Lipinski definition) is 0. The number of rotatable bonds is 1. The molecule has 0 amide bonds. The summed E-state index contributed by atoms with van der Waals surface area (Å²) in [5, 5.41) is 8.78. The number of nitrogens with zero attached hydrogens (tertiary/aromatic N) is 1. The molecule has 0 bridgehead atoms. The lowest BCUT2D eigenvalue weighted by atomic mass is 10.0. The van der Waals surface area contributed by atoms with Crippen molar-refractivity contribution in [3.8, 4) is 6.07 Å². The van der Waals surface area contributed by atoms with Crippen LogP contribution < -0.4 is 0 Å². The lowest BCUT2D eigenvalue weighted by Crippen LogP contribution is -1.97. The van der Waals surface area contributed by atoms with Crippen LogP contribution in [0.2, 0.25) is 0 Å². The van der Waals surface area contributed by atoms with Crippen LogP contribution in [0.4, 0.5) is 0 Å². The molecule has 2 rings (SSSR count). The highest BCUT2D eigenvalue weighted by Crippen LogP contribution is 2.23. The van der Waals surface area contributed by atoms with Crippen LogP contribution in [0.3, 0.4) is 0 Å². The maximum atomic E-state index is 8.78. The highest BCUT2D eigenvalue weighted by Gasteiger charge is 2.12. The maximum Gasteiger partial charge on any atom is 0.262 e. The first kappa shape index (κ1) is 8.39. The van der Waals surface area contributed by atoms with E-state index >= 15 is 0 Å². The quantitative estimate of drug-likeness (QED) is 0.631. The number of hydrogen-bond acceptors (Lipinski definition) is 3. The first-order valence-corrected chi connectivity index (χ1v) is 4.11. The van der Waals surface area contributed by atoms with Crippen molar-refractivity contribution >= 4 is 5.57 Å². The molecule has 0 unspecified atom stereocenters. The normalized spacial score (nSPS) is 14.2. The van der Waals surface area contributed by atoms with Crippen molar-refractivity contribution in [1.82, 2.24) is 0 Å². The fraction of sp³-hybridized carbons (Fsp3) is 0. The second-order valence-electron chi connectivity index (χ2n) is 2.70. The molecule has 0 fully saturated rings. The number of nitriles is 1. The zero-order chi connectivity index (χ0) is 9.80. The molecule has 0 N–H and O–H groups in total. The van der Waals surface area contributed by atoms with Gasteiger partial charge in [0, 0.05) is 5.57 Å². The summed E-state index contributed by atoms with van der Waals surface area (Å²) in [5.74, 6) is 0.179. The molecule has 1 heterocycles. The fourth-order valence-electron chi connectivity index (χ4n) is 1.22. The standard InChI is InChI=1S/C11H7NO2/c12-8-11-10(6-7-13-14-11)9-4-2-1-3-5-9/h1-7H. The van der Waals surface area contributed by atoms with E-state index in [2.05, 4.69) is 4.89 Å². The van der Waals surface area contributed by atoms with Crippen LogP contribution in [0.25, 0.3) is 5.57 Å². The molecule has 3 heteroatoms. The van der Waals surface area contributed by atoms with E-state index in [1.165, 1.54) is 6.26 Å². The van der Waals surface area contributed by atoms with Gasteiger partial charge >= 0.3 is 0 Å². The van der Waals surface area contributed by atoms with E-state index in [0.29, 0.717) is 0 Å². The second-order valence-corrected chi connectivity index (χ2v) is 2.70. The van der Waals surface area contributed by atoms with Gasteiger partial charge in [-0.1, -0.05) is 30.3 Å². The van der Waals surface area contributed by atoms with Gasteiger partial charge < -0.3 is 0 Å². The molecule has 1 aromatic carbocycles. The van der Waals surface area contributed by atoms with Crippen LogP contribution in [0.5, 0.6) is 0 Å². The van der Waals surface area contributed by atoms with Gasteiger partial charge in [-0.3, -0.25) is 9.78 Å². The Morgan fingerprint density at radius 3 is 2.64 bits per heavy atom. The predicted molar refractivity (Wildman–Crippen MR) is 50.3 cm³/mol. The number of benzene rings is 1. The largest absolute Gasteiger partial charge is 0.297 e. The van der Waals surface area contributed by atoms with Crippen molar-refractivity contribution in [2.24, 2.45) is 0 Å². The molecule has 1 aliphatic rings. The Morgan fingerprint density at radius 2 is 1.93 bits per heavy atom. The third kappa shape index (κ3) is 1.46. The van der Waals surface area contributed by atoms with Gasteiger partial charge in [-0.25, -0.2) is 0 Å². The molecule has 0 radical (unpaired) electrons. The van der Waals surface area contributed by atoms with Gasteiger partial charge in [-0.2, -0.15) is 5.26 Å². The number of allylic oxidation sites excluding steroid dienone is 3. The van der Waals surface area contributed by atoms with Crippen LogP contribution in [-0.2, 0) is 9.78 Å². The zero-order valence-electron chi connectivity index (χ0n) is 7.31. The molecule has 0 saturated carbocycles. The van der Waals surface area contributed by atoms with E-state index in [4.69, 9.17) is 10.1 Å². The highest BCUT2D eigenvalue weighted by atomic mass is 17.2. The molecular weight excluding hydrogens is 178 g/mol. The van der Waals surface area contributed by atoms with Gasteiger partial charge in [0.2, 0.25) is 0 Å². The van der Waals surface area contributed by atoms with Gasteiger partial charge in [0.15, 0.2) is 0 Å². The fourth-order valence-corrected chi connectivity index (χ4v) is 1.22. The molecule has 0 saturated heterocycles. The summed E-state index contributed by atoms with van der Waals surface area (Å²) in [5.41, 5.74) is 1.67. The summed E-state index contributed by atoms with van der Waals surface area (Å²) in [4.78, 5) is 9.29. The topological polar surface area (TPSA) is 42.2 Å². The van der Waals surface area contributed by atoms with Crippen LogP contribution in [0.1, 0.15) is 5.56 Å². The second kappa shape index (κ2) is 3.67. The van der Waals surface area contributed by atoms with E-state index in [1.807, 2.05) is 36.4 Å². The average Bonchev–Trinajstić information content (AvgIpc) is 2.30. The van der Waals surface area contributed by atoms with E-state index < -0.39 is 0 Å². The van der Waals surface area contributed by atoms with Crippen LogP contribution in [-0.4, -0.2) is 0 Å². The highest BCUT2D eigenvalue weighted by molar-refractivity contribution is 5.77. The first-order valence-electron chi connectivity index (χ1n) is 4.11. The van der Waals surface area contributed by atoms with Gasteiger partial charge in [-0.15, -0.1) is 0 Å². The van der Waals surface area contributed by atoms with Crippen LogP contribution >= 0.6 is 0 Å². The van der Waals surface area contributed by atoms with Crippen molar-refractivity contribution in [2.75, 3.05) is 0 Å². The molecule has 1 aliphatic heterocycles. The van der Waals surface area contributed by atoms with Gasteiger partial charge in [0.25, 0.3) is 5.76 Å². The molecule has 0 spiro atoms. The SMILES string of the molecule is N#CC1=C(c2ccccc2)C=COO1. The maximum absolute atomic E-state index is 8.78. The average molecular weight is 185 g/mol. The molecule has 68 valence electrons. The molecular formula is C11H7NO2. The Labute approximate surface area is 81.4 Å². The minimum Gasteiger partial charge on any atom is -0.297 e. The third-order valence-corrected chi connectivity index (χ3v) is 1.85. The van der Waals surface area contributed by atoms with Crippen molar-refractivity contribution < 1.29 is 9.78 Å². The Kier molecular flexibility index (Phi) is 2.20. The molecule has 0 aromatic heterocycles. The van der Waals surface area contributed by atoms with Crippen molar-refractivity contribution in [3.63, 3.8) is 0 Å². The summed E-state index contributed by atoms with van der Waals surface area (Å²) < 4.78 is 0. The Morgan fingerprint density at radius 1 is 1.14 bits per heavy atom. The minimum absolute atomic E-state index is 0.179. The summed E-state index contributed by atoms with van der Waals surface area (Å²) in [6.07, 6.45) is 3.11. The monoisotopic (exact) mass is 185 g/mol. The molecule has 0 aliphatic carbocycles. The molecule has 0 atom stereocenters.